The number of ether oxygens (including phenoxy) is 5. The number of carbonyl (C=O) groups excluding carboxylic acids is 4. The van der Waals surface area contributed by atoms with Gasteiger partial charge in [-0.2, -0.15) is 0 Å². The van der Waals surface area contributed by atoms with Crippen LogP contribution in [0.25, 0.3) is 10.4 Å². The topological polar surface area (TPSA) is 166 Å². The SMILES string of the molecule is CC(=O)OC[C@@]12O[C@@H]1[C@H](N=[N+]=[N-])[C@H](OC(C)=O)[C@@H](OC(C)=O)[C@@H]2OC(C)=O. The number of rotatable bonds is 6. The van der Waals surface area contributed by atoms with Crippen LogP contribution in [0.15, 0.2) is 5.11 Å². The van der Waals surface area contributed by atoms with Gasteiger partial charge in [0.2, 0.25) is 0 Å². The van der Waals surface area contributed by atoms with Gasteiger partial charge in [-0.15, -0.1) is 0 Å². The summed E-state index contributed by atoms with van der Waals surface area (Å²) in [5, 5.41) is 3.59. The van der Waals surface area contributed by atoms with Gasteiger partial charge in [0, 0.05) is 32.6 Å². The maximum atomic E-state index is 11.6. The molecule has 0 spiro atoms. The first-order valence-corrected chi connectivity index (χ1v) is 7.99. The first kappa shape index (κ1) is 20.5. The van der Waals surface area contributed by atoms with Crippen molar-refractivity contribution in [3.63, 3.8) is 0 Å². The zero-order valence-corrected chi connectivity index (χ0v) is 15.1. The Hall–Kier alpha value is -2.85. The number of hydrogen-bond donors (Lipinski definition) is 0. The molecule has 0 bridgehead atoms. The lowest BCUT2D eigenvalue weighted by molar-refractivity contribution is -0.197. The smallest absolute Gasteiger partial charge is 0.303 e. The van der Waals surface area contributed by atoms with Gasteiger partial charge in [-0.25, -0.2) is 0 Å². The van der Waals surface area contributed by atoms with E-state index < -0.39 is 59.9 Å². The van der Waals surface area contributed by atoms with Gasteiger partial charge in [-0.05, 0) is 5.53 Å². The molecule has 1 saturated carbocycles. The maximum absolute atomic E-state index is 11.6. The fraction of sp³-hybridized carbons (Fsp3) is 0.733. The Morgan fingerprint density at radius 3 is 2.00 bits per heavy atom. The Morgan fingerprint density at radius 2 is 1.52 bits per heavy atom. The summed E-state index contributed by atoms with van der Waals surface area (Å²) in [5.41, 5.74) is 7.48. The largest absolute Gasteiger partial charge is 0.463 e. The van der Waals surface area contributed by atoms with Crippen LogP contribution < -0.4 is 0 Å². The Morgan fingerprint density at radius 1 is 0.963 bits per heavy atom. The molecule has 0 unspecified atom stereocenters. The molecule has 0 N–H and O–H groups in total. The summed E-state index contributed by atoms with van der Waals surface area (Å²) in [6.07, 6.45) is -4.73. The second-order valence-corrected chi connectivity index (χ2v) is 6.15. The second kappa shape index (κ2) is 7.80. The van der Waals surface area contributed by atoms with E-state index >= 15 is 0 Å². The van der Waals surface area contributed by atoms with Crippen LogP contribution in [0.4, 0.5) is 0 Å². The summed E-state index contributed by atoms with van der Waals surface area (Å²) in [7, 11) is 0. The fourth-order valence-corrected chi connectivity index (χ4v) is 3.20. The van der Waals surface area contributed by atoms with Crippen LogP contribution in [0.3, 0.4) is 0 Å². The molecule has 0 aromatic rings. The van der Waals surface area contributed by atoms with E-state index in [1.54, 1.807) is 0 Å². The van der Waals surface area contributed by atoms with E-state index in [-0.39, 0.29) is 6.61 Å². The third kappa shape index (κ3) is 4.29. The summed E-state index contributed by atoms with van der Waals surface area (Å²) in [6.45, 7) is 4.19. The van der Waals surface area contributed by atoms with E-state index in [1.165, 1.54) is 6.92 Å². The summed E-state index contributed by atoms with van der Waals surface area (Å²) >= 11 is 0. The van der Waals surface area contributed by atoms with E-state index in [9.17, 15) is 19.2 Å². The molecular weight excluding hydrogens is 366 g/mol. The first-order chi connectivity index (χ1) is 12.6. The summed E-state index contributed by atoms with van der Waals surface area (Å²) in [6, 6.07) is -1.09. The van der Waals surface area contributed by atoms with Gasteiger partial charge in [0.25, 0.3) is 0 Å². The molecule has 2 fully saturated rings. The van der Waals surface area contributed by atoms with Crippen molar-refractivity contribution in [1.29, 1.82) is 0 Å². The van der Waals surface area contributed by atoms with E-state index in [1.807, 2.05) is 0 Å². The highest BCUT2D eigenvalue weighted by Gasteiger charge is 2.76. The van der Waals surface area contributed by atoms with Gasteiger partial charge < -0.3 is 23.7 Å². The van der Waals surface area contributed by atoms with Crippen molar-refractivity contribution in [3.8, 4) is 0 Å². The van der Waals surface area contributed by atoms with Gasteiger partial charge in [0.1, 0.15) is 18.8 Å². The highest BCUT2D eigenvalue weighted by atomic mass is 16.7. The molecule has 1 heterocycles. The molecule has 6 atom stereocenters. The van der Waals surface area contributed by atoms with Crippen LogP contribution in [0.5, 0.6) is 0 Å². The molecule has 0 aromatic heterocycles. The zero-order valence-electron chi connectivity index (χ0n) is 15.1. The molecule has 1 aliphatic carbocycles. The molecular formula is C15H19N3O9. The number of esters is 4. The number of nitrogens with zero attached hydrogens (tertiary/aromatic N) is 3. The van der Waals surface area contributed by atoms with Crippen LogP contribution in [-0.2, 0) is 42.9 Å². The summed E-state index contributed by atoms with van der Waals surface area (Å²) < 4.78 is 26.3. The average molecular weight is 385 g/mol. The lowest BCUT2D eigenvalue weighted by Crippen LogP contribution is -2.63. The molecule has 12 nitrogen and oxygen atoms in total. The molecule has 27 heavy (non-hydrogen) atoms. The van der Waals surface area contributed by atoms with Gasteiger partial charge in [-0.1, -0.05) is 5.11 Å². The zero-order chi connectivity index (χ0) is 20.4. The Bertz CT molecular complexity index is 705. The first-order valence-electron chi connectivity index (χ1n) is 7.99. The molecule has 1 aliphatic heterocycles. The number of epoxide rings is 1. The third-order valence-corrected chi connectivity index (χ3v) is 4.10. The Balaban J connectivity index is 2.49. The number of fused-ring (bicyclic) bond motifs is 1. The van der Waals surface area contributed by atoms with Crippen molar-refractivity contribution >= 4 is 23.9 Å². The minimum absolute atomic E-state index is 0.340. The molecule has 2 rings (SSSR count). The van der Waals surface area contributed by atoms with Crippen molar-refractivity contribution in [1.82, 2.24) is 0 Å². The molecule has 148 valence electrons. The van der Waals surface area contributed by atoms with Gasteiger partial charge in [0.05, 0.1) is 0 Å². The fourth-order valence-electron chi connectivity index (χ4n) is 3.20. The predicted molar refractivity (Wildman–Crippen MR) is 83.8 cm³/mol. The number of carbonyl (C=O) groups is 4. The molecule has 0 aromatic carbocycles. The number of hydrogen-bond acceptors (Lipinski definition) is 10. The van der Waals surface area contributed by atoms with Crippen LogP contribution in [0.1, 0.15) is 27.7 Å². The monoisotopic (exact) mass is 385 g/mol. The summed E-state index contributed by atoms with van der Waals surface area (Å²) in [5.74, 6) is -2.83. The van der Waals surface area contributed by atoms with Gasteiger partial charge in [0.15, 0.2) is 23.9 Å². The van der Waals surface area contributed by atoms with E-state index in [0.717, 1.165) is 20.8 Å². The standard InChI is InChI=1S/C15H19N3O9/c1-6(19)23-5-15-13(27-15)10(17-18-16)11(24-7(2)20)12(25-8(3)21)14(15)26-9(4)22/h10-14H,5H2,1-4H3/t10-,11+,12-,13-,14+,15-/m1/s1. The van der Waals surface area contributed by atoms with Crippen LogP contribution in [0, 0.1) is 0 Å². The van der Waals surface area contributed by atoms with E-state index in [0.29, 0.717) is 0 Å². The Labute approximate surface area is 153 Å². The molecule has 2 aliphatic rings. The highest BCUT2D eigenvalue weighted by Crippen LogP contribution is 2.52. The molecule has 0 amide bonds. The van der Waals surface area contributed by atoms with E-state index in [2.05, 4.69) is 10.0 Å². The van der Waals surface area contributed by atoms with Crippen molar-refractivity contribution in [2.24, 2.45) is 5.11 Å². The predicted octanol–water partition coefficient (Wildman–Crippen LogP) is 0.175. The summed E-state index contributed by atoms with van der Waals surface area (Å²) in [4.78, 5) is 48.7. The second-order valence-electron chi connectivity index (χ2n) is 6.15. The van der Waals surface area contributed by atoms with Gasteiger partial charge in [-0.3, -0.25) is 19.2 Å². The molecule has 12 heteroatoms. The van der Waals surface area contributed by atoms with Crippen LogP contribution in [0.2, 0.25) is 0 Å². The quantitative estimate of drug-likeness (QED) is 0.155. The van der Waals surface area contributed by atoms with Gasteiger partial charge >= 0.3 is 23.9 Å². The van der Waals surface area contributed by atoms with Crippen molar-refractivity contribution in [2.45, 2.75) is 63.8 Å². The number of azide groups is 1. The van der Waals surface area contributed by atoms with Crippen molar-refractivity contribution in [2.75, 3.05) is 6.61 Å². The van der Waals surface area contributed by atoms with E-state index in [4.69, 9.17) is 29.2 Å². The minimum atomic E-state index is -1.40. The van der Waals surface area contributed by atoms with Crippen LogP contribution >= 0.6 is 0 Å². The average Bonchev–Trinajstić information content (AvgIpc) is 3.27. The molecule has 1 saturated heterocycles. The minimum Gasteiger partial charge on any atom is -0.463 e. The Kier molecular flexibility index (Phi) is 5.91. The maximum Gasteiger partial charge on any atom is 0.303 e. The van der Waals surface area contributed by atoms with Crippen LogP contribution in [-0.4, -0.2) is 66.5 Å². The lowest BCUT2D eigenvalue weighted by Gasteiger charge is -2.40. The normalized spacial score (nSPS) is 33.6. The lowest BCUT2D eigenvalue weighted by atomic mass is 9.79. The van der Waals surface area contributed by atoms with Crippen molar-refractivity contribution in [3.05, 3.63) is 10.4 Å². The van der Waals surface area contributed by atoms with Crippen molar-refractivity contribution < 1.29 is 42.9 Å². The highest BCUT2D eigenvalue weighted by molar-refractivity contribution is 5.69. The third-order valence-electron chi connectivity index (χ3n) is 4.10. The molecule has 0 radical (unpaired) electrons.